The Kier molecular flexibility index (Phi) is 4.47. The molecule has 1 aliphatic carbocycles. The van der Waals surface area contributed by atoms with Crippen LogP contribution in [0.5, 0.6) is 0 Å². The molecule has 1 aromatic carbocycles. The molecule has 0 saturated heterocycles. The number of anilines is 1. The Labute approximate surface area is 115 Å². The minimum atomic E-state index is -3.10. The lowest BCUT2D eigenvalue weighted by Crippen LogP contribution is -2.17. The van der Waals surface area contributed by atoms with E-state index < -0.39 is 9.84 Å². The largest absolute Gasteiger partial charge is 0.385 e. The predicted octanol–water partition coefficient (Wildman–Crippen LogP) is 2.02. The van der Waals surface area contributed by atoms with Gasteiger partial charge in [-0.3, -0.25) is 0 Å². The smallest absolute Gasteiger partial charge is 0.178 e. The van der Waals surface area contributed by atoms with Gasteiger partial charge >= 0.3 is 0 Å². The van der Waals surface area contributed by atoms with Crippen LogP contribution in [-0.4, -0.2) is 26.8 Å². The first kappa shape index (κ1) is 14.3. The van der Waals surface area contributed by atoms with Gasteiger partial charge in [-0.25, -0.2) is 8.42 Å². The van der Waals surface area contributed by atoms with E-state index in [1.165, 1.54) is 6.42 Å². The van der Waals surface area contributed by atoms with Crippen LogP contribution in [0.2, 0.25) is 0 Å². The van der Waals surface area contributed by atoms with Crippen molar-refractivity contribution in [3.05, 3.63) is 24.3 Å². The lowest BCUT2D eigenvalue weighted by atomic mass is 10.1. The first-order valence-electron chi connectivity index (χ1n) is 6.83. The maximum Gasteiger partial charge on any atom is 0.178 e. The lowest BCUT2D eigenvalue weighted by Gasteiger charge is -2.12. The molecule has 2 atom stereocenters. The molecule has 0 amide bonds. The molecule has 2 unspecified atom stereocenters. The maximum atomic E-state index is 11.7. The van der Waals surface area contributed by atoms with Gasteiger partial charge in [0, 0.05) is 18.3 Å². The molecule has 1 aromatic rings. The molecule has 0 radical (unpaired) electrons. The van der Waals surface area contributed by atoms with Crippen molar-refractivity contribution in [3.8, 4) is 0 Å². The predicted molar refractivity (Wildman–Crippen MR) is 78.0 cm³/mol. The van der Waals surface area contributed by atoms with E-state index in [1.54, 1.807) is 19.1 Å². The molecule has 1 fully saturated rings. The second-order valence-electron chi connectivity index (χ2n) is 5.25. The molecule has 5 heteroatoms. The summed E-state index contributed by atoms with van der Waals surface area (Å²) in [6.45, 7) is 2.57. The minimum Gasteiger partial charge on any atom is -0.385 e. The Hall–Kier alpha value is -1.07. The minimum absolute atomic E-state index is 0.139. The summed E-state index contributed by atoms with van der Waals surface area (Å²) in [4.78, 5) is 0.392. The van der Waals surface area contributed by atoms with Gasteiger partial charge in [-0.15, -0.1) is 0 Å². The number of sulfone groups is 1. The van der Waals surface area contributed by atoms with E-state index in [0.717, 1.165) is 25.1 Å². The molecule has 1 aliphatic rings. The third-order valence-corrected chi connectivity index (χ3v) is 5.52. The van der Waals surface area contributed by atoms with Crippen molar-refractivity contribution in [3.63, 3.8) is 0 Å². The average Bonchev–Trinajstić information content (AvgIpc) is 2.83. The van der Waals surface area contributed by atoms with Gasteiger partial charge in [-0.1, -0.05) is 6.92 Å². The third kappa shape index (κ3) is 3.70. The third-order valence-electron chi connectivity index (χ3n) is 3.77. The van der Waals surface area contributed by atoms with Gasteiger partial charge in [0.1, 0.15) is 0 Å². The first-order valence-corrected chi connectivity index (χ1v) is 8.49. The highest BCUT2D eigenvalue weighted by Gasteiger charge is 2.21. The van der Waals surface area contributed by atoms with Crippen molar-refractivity contribution in [1.82, 2.24) is 0 Å². The SMILES string of the molecule is CCS(=O)(=O)c1ccc(NCC2CCC(N)C2)cc1. The summed E-state index contributed by atoms with van der Waals surface area (Å²) in [5.74, 6) is 0.772. The van der Waals surface area contributed by atoms with Gasteiger partial charge in [-0.05, 0) is 49.4 Å². The van der Waals surface area contributed by atoms with Gasteiger partial charge in [-0.2, -0.15) is 0 Å². The molecule has 0 spiro atoms. The van der Waals surface area contributed by atoms with Crippen molar-refractivity contribution in [2.24, 2.45) is 11.7 Å². The molecular formula is C14H22N2O2S. The van der Waals surface area contributed by atoms with Crippen LogP contribution in [0.25, 0.3) is 0 Å². The molecule has 0 heterocycles. The first-order chi connectivity index (χ1) is 9.01. The van der Waals surface area contributed by atoms with Crippen LogP contribution in [0, 0.1) is 5.92 Å². The zero-order chi connectivity index (χ0) is 13.9. The van der Waals surface area contributed by atoms with Crippen LogP contribution in [0.4, 0.5) is 5.69 Å². The van der Waals surface area contributed by atoms with Crippen LogP contribution >= 0.6 is 0 Å². The van der Waals surface area contributed by atoms with Crippen LogP contribution < -0.4 is 11.1 Å². The standard InChI is InChI=1S/C14H22N2O2S/c1-2-19(17,18)14-7-5-13(6-8-14)16-10-11-3-4-12(15)9-11/h5-8,11-12,16H,2-4,9-10,15H2,1H3. The number of nitrogens with one attached hydrogen (secondary N) is 1. The lowest BCUT2D eigenvalue weighted by molar-refractivity contribution is 0.566. The van der Waals surface area contributed by atoms with E-state index >= 15 is 0 Å². The van der Waals surface area contributed by atoms with Crippen LogP contribution in [0.1, 0.15) is 26.2 Å². The quantitative estimate of drug-likeness (QED) is 0.866. The zero-order valence-electron chi connectivity index (χ0n) is 11.3. The van der Waals surface area contributed by atoms with E-state index in [1.807, 2.05) is 12.1 Å². The molecule has 3 N–H and O–H groups in total. The van der Waals surface area contributed by atoms with Crippen molar-refractivity contribution in [2.45, 2.75) is 37.1 Å². The van der Waals surface area contributed by atoms with Crippen LogP contribution in [-0.2, 0) is 9.84 Å². The molecule has 0 aromatic heterocycles. The Morgan fingerprint density at radius 2 is 1.95 bits per heavy atom. The summed E-state index contributed by atoms with van der Waals surface area (Å²) in [6.07, 6.45) is 3.37. The monoisotopic (exact) mass is 282 g/mol. The Morgan fingerprint density at radius 3 is 2.47 bits per heavy atom. The molecule has 1 saturated carbocycles. The van der Waals surface area contributed by atoms with Crippen molar-refractivity contribution < 1.29 is 8.42 Å². The highest BCUT2D eigenvalue weighted by atomic mass is 32.2. The van der Waals surface area contributed by atoms with Crippen LogP contribution in [0.3, 0.4) is 0 Å². The van der Waals surface area contributed by atoms with E-state index in [4.69, 9.17) is 5.73 Å². The van der Waals surface area contributed by atoms with E-state index in [-0.39, 0.29) is 5.75 Å². The Morgan fingerprint density at radius 1 is 1.26 bits per heavy atom. The van der Waals surface area contributed by atoms with Crippen molar-refractivity contribution >= 4 is 15.5 Å². The maximum absolute atomic E-state index is 11.7. The zero-order valence-corrected chi connectivity index (χ0v) is 12.1. The summed E-state index contributed by atoms with van der Waals surface area (Å²) < 4.78 is 23.4. The molecule has 106 valence electrons. The number of hydrogen-bond acceptors (Lipinski definition) is 4. The summed E-state index contributed by atoms with van der Waals surface area (Å²) in [7, 11) is -3.10. The second-order valence-corrected chi connectivity index (χ2v) is 7.53. The fraction of sp³-hybridized carbons (Fsp3) is 0.571. The van der Waals surface area contributed by atoms with E-state index in [9.17, 15) is 8.42 Å². The topological polar surface area (TPSA) is 72.2 Å². The molecule has 2 rings (SSSR count). The van der Waals surface area contributed by atoms with Crippen molar-refractivity contribution in [1.29, 1.82) is 0 Å². The summed E-state index contributed by atoms with van der Waals surface area (Å²) in [6, 6.07) is 7.35. The highest BCUT2D eigenvalue weighted by Crippen LogP contribution is 2.24. The molecular weight excluding hydrogens is 260 g/mol. The highest BCUT2D eigenvalue weighted by molar-refractivity contribution is 7.91. The number of benzene rings is 1. The fourth-order valence-electron chi connectivity index (χ4n) is 2.51. The normalized spacial score (nSPS) is 23.5. The van der Waals surface area contributed by atoms with E-state index in [0.29, 0.717) is 16.9 Å². The molecule has 4 nitrogen and oxygen atoms in total. The average molecular weight is 282 g/mol. The van der Waals surface area contributed by atoms with Gasteiger partial charge in [0.15, 0.2) is 9.84 Å². The van der Waals surface area contributed by atoms with Gasteiger partial charge < -0.3 is 11.1 Å². The van der Waals surface area contributed by atoms with E-state index in [2.05, 4.69) is 5.32 Å². The number of nitrogens with two attached hydrogens (primary N) is 1. The second kappa shape index (κ2) is 5.92. The van der Waals surface area contributed by atoms with Gasteiger partial charge in [0.2, 0.25) is 0 Å². The van der Waals surface area contributed by atoms with Gasteiger partial charge in [0.05, 0.1) is 10.6 Å². The van der Waals surface area contributed by atoms with Gasteiger partial charge in [0.25, 0.3) is 0 Å². The fourth-order valence-corrected chi connectivity index (χ4v) is 3.39. The summed E-state index contributed by atoms with van der Waals surface area (Å²) in [5, 5.41) is 3.35. The molecule has 19 heavy (non-hydrogen) atoms. The van der Waals surface area contributed by atoms with Crippen LogP contribution in [0.15, 0.2) is 29.2 Å². The molecule has 0 aliphatic heterocycles. The number of hydrogen-bond donors (Lipinski definition) is 2. The van der Waals surface area contributed by atoms with Crippen molar-refractivity contribution in [2.75, 3.05) is 17.6 Å². The Bertz CT molecular complexity index is 511. The number of rotatable bonds is 5. The Balaban J connectivity index is 1.92. The summed E-state index contributed by atoms with van der Waals surface area (Å²) in [5.41, 5.74) is 6.85. The molecule has 0 bridgehead atoms. The summed E-state index contributed by atoms with van der Waals surface area (Å²) >= 11 is 0.